The molecule has 2 heterocycles. The lowest BCUT2D eigenvalue weighted by Gasteiger charge is -2.29. The van der Waals surface area contributed by atoms with Crippen molar-refractivity contribution < 1.29 is 4.39 Å². The molecule has 14 heavy (non-hydrogen) atoms. The lowest BCUT2D eigenvalue weighted by atomic mass is 10.1. The third-order valence-corrected chi connectivity index (χ3v) is 2.43. The van der Waals surface area contributed by atoms with E-state index in [0.717, 1.165) is 24.5 Å². The number of aryl methyl sites for hydroxylation is 1. The molecule has 0 spiro atoms. The van der Waals surface area contributed by atoms with Gasteiger partial charge in [-0.1, -0.05) is 0 Å². The third kappa shape index (κ3) is 2.00. The van der Waals surface area contributed by atoms with E-state index >= 15 is 0 Å². The van der Waals surface area contributed by atoms with Crippen molar-refractivity contribution in [2.24, 2.45) is 0 Å². The predicted octanol–water partition coefficient (Wildman–Crippen LogP) is 1.72. The Hall–Kier alpha value is -1.19. The van der Waals surface area contributed by atoms with E-state index < -0.39 is 6.17 Å². The Kier molecular flexibility index (Phi) is 2.61. The fourth-order valence-corrected chi connectivity index (χ4v) is 1.74. The second kappa shape index (κ2) is 3.90. The van der Waals surface area contributed by atoms with E-state index in [0.29, 0.717) is 13.0 Å². The smallest absolute Gasteiger partial charge is 0.147 e. The maximum Gasteiger partial charge on any atom is 0.147 e. The molecule has 0 aliphatic carbocycles. The number of hydrogen-bond acceptors (Lipinski definition) is 3. The Labute approximate surface area is 83.0 Å². The van der Waals surface area contributed by atoms with Gasteiger partial charge in [-0.15, -0.1) is 0 Å². The number of aromatic nitrogens is 2. The van der Waals surface area contributed by atoms with Gasteiger partial charge in [-0.05, 0) is 19.8 Å². The summed E-state index contributed by atoms with van der Waals surface area (Å²) >= 11 is 0. The zero-order chi connectivity index (χ0) is 9.97. The van der Waals surface area contributed by atoms with Crippen LogP contribution in [0, 0.1) is 6.92 Å². The molecule has 1 saturated heterocycles. The van der Waals surface area contributed by atoms with Crippen LogP contribution in [0.1, 0.15) is 18.5 Å². The van der Waals surface area contributed by atoms with E-state index in [1.165, 1.54) is 0 Å². The molecule has 1 atom stereocenters. The van der Waals surface area contributed by atoms with Crippen LogP contribution in [0.3, 0.4) is 0 Å². The molecule has 0 unspecified atom stereocenters. The zero-order valence-corrected chi connectivity index (χ0v) is 8.28. The molecule has 0 amide bonds. The van der Waals surface area contributed by atoms with Crippen molar-refractivity contribution in [1.29, 1.82) is 0 Å². The minimum Gasteiger partial charge on any atom is -0.352 e. The lowest BCUT2D eigenvalue weighted by molar-refractivity contribution is 0.286. The van der Waals surface area contributed by atoms with Gasteiger partial charge in [0.1, 0.15) is 12.0 Å². The van der Waals surface area contributed by atoms with Crippen LogP contribution in [0.2, 0.25) is 0 Å². The first-order valence-electron chi connectivity index (χ1n) is 4.93. The number of halogens is 1. The minimum absolute atomic E-state index is 0.456. The molecule has 1 aromatic heterocycles. The highest BCUT2D eigenvalue weighted by Gasteiger charge is 2.20. The summed E-state index contributed by atoms with van der Waals surface area (Å²) in [7, 11) is 0. The molecule has 0 N–H and O–H groups in total. The third-order valence-electron chi connectivity index (χ3n) is 2.43. The van der Waals surface area contributed by atoms with Gasteiger partial charge in [-0.3, -0.25) is 4.98 Å². The fraction of sp³-hybridized carbons (Fsp3) is 0.600. The van der Waals surface area contributed by atoms with Crippen molar-refractivity contribution in [1.82, 2.24) is 9.97 Å². The van der Waals surface area contributed by atoms with E-state index in [1.54, 1.807) is 12.4 Å². The van der Waals surface area contributed by atoms with Crippen LogP contribution >= 0.6 is 0 Å². The van der Waals surface area contributed by atoms with Gasteiger partial charge < -0.3 is 4.90 Å². The Morgan fingerprint density at radius 1 is 1.50 bits per heavy atom. The number of piperidine rings is 1. The number of anilines is 1. The summed E-state index contributed by atoms with van der Waals surface area (Å²) in [6.45, 7) is 3.24. The summed E-state index contributed by atoms with van der Waals surface area (Å²) in [6, 6.07) is 0. The molecule has 1 aliphatic heterocycles. The highest BCUT2D eigenvalue weighted by molar-refractivity contribution is 5.36. The topological polar surface area (TPSA) is 29.0 Å². The van der Waals surface area contributed by atoms with E-state index in [2.05, 4.69) is 9.97 Å². The predicted molar refractivity (Wildman–Crippen MR) is 53.1 cm³/mol. The number of rotatable bonds is 1. The van der Waals surface area contributed by atoms with E-state index in [-0.39, 0.29) is 0 Å². The monoisotopic (exact) mass is 195 g/mol. The van der Waals surface area contributed by atoms with Crippen molar-refractivity contribution in [2.45, 2.75) is 25.9 Å². The van der Waals surface area contributed by atoms with Crippen LogP contribution in [0.25, 0.3) is 0 Å². The van der Waals surface area contributed by atoms with Crippen LogP contribution in [-0.2, 0) is 0 Å². The molecule has 2 rings (SSSR count). The van der Waals surface area contributed by atoms with Gasteiger partial charge in [-0.2, -0.15) is 0 Å². The van der Waals surface area contributed by atoms with Gasteiger partial charge in [-0.25, -0.2) is 9.37 Å². The van der Waals surface area contributed by atoms with Crippen molar-refractivity contribution in [2.75, 3.05) is 18.0 Å². The Balaban J connectivity index is 2.14. The Morgan fingerprint density at radius 2 is 2.36 bits per heavy atom. The molecule has 1 fully saturated rings. The molecule has 1 aliphatic rings. The molecule has 0 bridgehead atoms. The normalized spacial score (nSPS) is 22.4. The van der Waals surface area contributed by atoms with Crippen LogP contribution in [0.5, 0.6) is 0 Å². The van der Waals surface area contributed by atoms with Crippen LogP contribution in [0.4, 0.5) is 10.2 Å². The molecule has 0 saturated carbocycles. The van der Waals surface area contributed by atoms with Crippen LogP contribution in [-0.4, -0.2) is 29.2 Å². The van der Waals surface area contributed by atoms with Crippen molar-refractivity contribution in [3.8, 4) is 0 Å². The summed E-state index contributed by atoms with van der Waals surface area (Å²) in [6.07, 6.45) is 4.27. The summed E-state index contributed by atoms with van der Waals surface area (Å²) < 4.78 is 13.1. The maximum absolute atomic E-state index is 13.1. The molecule has 0 radical (unpaired) electrons. The van der Waals surface area contributed by atoms with Gasteiger partial charge in [0.15, 0.2) is 0 Å². The molecule has 3 nitrogen and oxygen atoms in total. The highest BCUT2D eigenvalue weighted by atomic mass is 19.1. The zero-order valence-electron chi connectivity index (χ0n) is 8.28. The second-order valence-corrected chi connectivity index (χ2v) is 3.70. The lowest BCUT2D eigenvalue weighted by Crippen LogP contribution is -2.37. The van der Waals surface area contributed by atoms with Gasteiger partial charge in [0.05, 0.1) is 18.4 Å². The highest BCUT2D eigenvalue weighted by Crippen LogP contribution is 2.18. The van der Waals surface area contributed by atoms with E-state index in [4.69, 9.17) is 0 Å². The number of hydrogen-bond donors (Lipinski definition) is 0. The van der Waals surface area contributed by atoms with Crippen LogP contribution < -0.4 is 4.90 Å². The van der Waals surface area contributed by atoms with Crippen molar-refractivity contribution in [3.63, 3.8) is 0 Å². The largest absolute Gasteiger partial charge is 0.352 e. The molecule has 4 heteroatoms. The van der Waals surface area contributed by atoms with Crippen molar-refractivity contribution in [3.05, 3.63) is 18.1 Å². The van der Waals surface area contributed by atoms with Gasteiger partial charge in [0, 0.05) is 12.7 Å². The molecule has 0 aromatic carbocycles. The minimum atomic E-state index is -0.717. The molecular weight excluding hydrogens is 181 g/mol. The molecule has 76 valence electrons. The Morgan fingerprint density at radius 3 is 3.07 bits per heavy atom. The Bertz CT molecular complexity index is 316. The number of nitrogens with zero attached hydrogens (tertiary/aromatic N) is 3. The molecular formula is C10H14FN3. The maximum atomic E-state index is 13.1. The van der Waals surface area contributed by atoms with Crippen LogP contribution in [0.15, 0.2) is 12.4 Å². The van der Waals surface area contributed by atoms with E-state index in [1.807, 2.05) is 11.8 Å². The first-order valence-corrected chi connectivity index (χ1v) is 4.93. The summed E-state index contributed by atoms with van der Waals surface area (Å²) in [5.74, 6) is 0.798. The van der Waals surface area contributed by atoms with E-state index in [9.17, 15) is 4.39 Å². The quantitative estimate of drug-likeness (QED) is 0.683. The summed E-state index contributed by atoms with van der Waals surface area (Å²) in [5.41, 5.74) is 0.878. The SMILES string of the molecule is Cc1cncc(N2CCC[C@@H](F)C2)n1. The summed E-state index contributed by atoms with van der Waals surface area (Å²) in [4.78, 5) is 10.4. The fourth-order valence-electron chi connectivity index (χ4n) is 1.74. The van der Waals surface area contributed by atoms with Gasteiger partial charge in [0.2, 0.25) is 0 Å². The number of alkyl halides is 1. The van der Waals surface area contributed by atoms with Gasteiger partial charge >= 0.3 is 0 Å². The summed E-state index contributed by atoms with van der Waals surface area (Å²) in [5, 5.41) is 0. The molecule has 1 aromatic rings. The first-order chi connectivity index (χ1) is 6.75. The average molecular weight is 195 g/mol. The average Bonchev–Trinajstić information content (AvgIpc) is 2.18. The first kappa shape index (κ1) is 9.37. The van der Waals surface area contributed by atoms with Gasteiger partial charge in [0.25, 0.3) is 0 Å². The standard InChI is InChI=1S/C10H14FN3/c1-8-5-12-6-10(13-8)14-4-2-3-9(11)7-14/h5-6,9H,2-4,7H2,1H3/t9-/m1/s1. The van der Waals surface area contributed by atoms with Crippen molar-refractivity contribution >= 4 is 5.82 Å². The second-order valence-electron chi connectivity index (χ2n) is 3.70.